The fourth-order valence-corrected chi connectivity index (χ4v) is 3.01. The summed E-state index contributed by atoms with van der Waals surface area (Å²) in [6.45, 7) is 5.90. The topological polar surface area (TPSA) is 66.8 Å². The van der Waals surface area contributed by atoms with Crippen molar-refractivity contribution >= 4 is 23.7 Å². The van der Waals surface area contributed by atoms with Gasteiger partial charge in [-0.15, -0.1) is 0 Å². The van der Waals surface area contributed by atoms with Gasteiger partial charge in [0.25, 0.3) is 0 Å². The number of ether oxygens (including phenoxy) is 1. The summed E-state index contributed by atoms with van der Waals surface area (Å²) >= 11 is 5.88. The molecular formula is C17H22ClNO4. The van der Waals surface area contributed by atoms with E-state index in [1.54, 1.807) is 49.9 Å². The fraction of sp³-hybridized carbons (Fsp3) is 0.529. The summed E-state index contributed by atoms with van der Waals surface area (Å²) in [5.41, 5.74) is 0.0332. The third-order valence-electron chi connectivity index (χ3n) is 3.81. The Labute approximate surface area is 141 Å². The Morgan fingerprint density at radius 1 is 1.30 bits per heavy atom. The second kappa shape index (κ2) is 6.79. The first-order valence-electron chi connectivity index (χ1n) is 7.67. The highest BCUT2D eigenvalue weighted by Crippen LogP contribution is 2.33. The van der Waals surface area contributed by atoms with Crippen LogP contribution in [0.4, 0.5) is 4.79 Å². The molecule has 0 saturated carbocycles. The van der Waals surface area contributed by atoms with Crippen LogP contribution >= 0.6 is 11.6 Å². The second-order valence-electron chi connectivity index (χ2n) is 6.75. The smallest absolute Gasteiger partial charge is 0.410 e. The predicted octanol–water partition coefficient (Wildman–Crippen LogP) is 3.91. The molecule has 1 amide bonds. The highest BCUT2D eigenvalue weighted by atomic mass is 35.5. The minimum absolute atomic E-state index is 0.413. The third-order valence-corrected chi connectivity index (χ3v) is 4.06. The summed E-state index contributed by atoms with van der Waals surface area (Å²) in [7, 11) is 0. The molecule has 5 nitrogen and oxygen atoms in total. The zero-order valence-electron chi connectivity index (χ0n) is 13.6. The Hall–Kier alpha value is -1.75. The molecule has 1 heterocycles. The number of carboxylic acids is 1. The Kier molecular flexibility index (Phi) is 5.19. The Balaban J connectivity index is 2.26. The minimum Gasteiger partial charge on any atom is -0.481 e. The predicted molar refractivity (Wildman–Crippen MR) is 87.8 cm³/mol. The van der Waals surface area contributed by atoms with Crippen LogP contribution in [0.2, 0.25) is 5.02 Å². The van der Waals surface area contributed by atoms with E-state index in [2.05, 4.69) is 0 Å². The maximum atomic E-state index is 12.4. The molecule has 23 heavy (non-hydrogen) atoms. The van der Waals surface area contributed by atoms with Crippen LogP contribution < -0.4 is 0 Å². The Bertz CT molecular complexity index is 579. The molecule has 1 fully saturated rings. The molecule has 1 aliphatic rings. The van der Waals surface area contributed by atoms with E-state index in [9.17, 15) is 14.7 Å². The lowest BCUT2D eigenvalue weighted by molar-refractivity contribution is -0.140. The van der Waals surface area contributed by atoms with Crippen molar-refractivity contribution in [2.24, 2.45) is 0 Å². The molecule has 2 rings (SSSR count). The van der Waals surface area contributed by atoms with E-state index in [1.165, 1.54) is 0 Å². The number of aliphatic carboxylic acids is 1. The van der Waals surface area contributed by atoms with Crippen molar-refractivity contribution in [2.45, 2.75) is 51.2 Å². The molecule has 2 atom stereocenters. The molecule has 0 spiro atoms. The van der Waals surface area contributed by atoms with E-state index in [4.69, 9.17) is 16.3 Å². The van der Waals surface area contributed by atoms with Gasteiger partial charge in [-0.25, -0.2) is 4.79 Å². The van der Waals surface area contributed by atoms with Gasteiger partial charge in [0, 0.05) is 11.6 Å². The number of carboxylic acid groups (broad SMARTS) is 1. The van der Waals surface area contributed by atoms with Gasteiger partial charge in [-0.3, -0.25) is 4.79 Å². The summed E-state index contributed by atoms with van der Waals surface area (Å²) in [5, 5.41) is 10.2. The maximum Gasteiger partial charge on any atom is 0.410 e. The summed E-state index contributed by atoms with van der Waals surface area (Å²) in [6, 6.07) is 6.32. The van der Waals surface area contributed by atoms with E-state index in [1.807, 2.05) is 0 Å². The molecule has 0 radical (unpaired) electrons. The van der Waals surface area contributed by atoms with E-state index in [0.717, 1.165) is 6.42 Å². The van der Waals surface area contributed by atoms with Crippen LogP contribution in [0.1, 0.15) is 45.1 Å². The lowest BCUT2D eigenvalue weighted by Crippen LogP contribution is -2.44. The van der Waals surface area contributed by atoms with Crippen LogP contribution in [0.3, 0.4) is 0 Å². The van der Waals surface area contributed by atoms with Gasteiger partial charge in [-0.1, -0.05) is 23.7 Å². The Morgan fingerprint density at radius 2 is 1.91 bits per heavy atom. The molecule has 126 valence electrons. The lowest BCUT2D eigenvalue weighted by atomic mass is 9.90. The standard InChI is InChI=1S/C17H22ClNO4/c1-17(2,3)23-16(22)19-10-4-5-13(19)14(15(20)21)11-6-8-12(18)9-7-11/h6-9,13-14H,4-5,10H2,1-3H3,(H,20,21)/t13?,14-/m0/s1. The largest absolute Gasteiger partial charge is 0.481 e. The van der Waals surface area contributed by atoms with Crippen molar-refractivity contribution in [1.29, 1.82) is 0 Å². The quantitative estimate of drug-likeness (QED) is 0.906. The molecular weight excluding hydrogens is 318 g/mol. The van der Waals surface area contributed by atoms with Crippen LogP contribution in [0.25, 0.3) is 0 Å². The Morgan fingerprint density at radius 3 is 2.43 bits per heavy atom. The van der Waals surface area contributed by atoms with Crippen molar-refractivity contribution in [2.75, 3.05) is 6.54 Å². The van der Waals surface area contributed by atoms with Crippen LogP contribution in [0.15, 0.2) is 24.3 Å². The zero-order chi connectivity index (χ0) is 17.2. The first-order chi connectivity index (χ1) is 10.7. The molecule has 1 aliphatic heterocycles. The lowest BCUT2D eigenvalue weighted by Gasteiger charge is -2.31. The van der Waals surface area contributed by atoms with Gasteiger partial charge >= 0.3 is 12.1 Å². The van der Waals surface area contributed by atoms with Crippen molar-refractivity contribution in [3.05, 3.63) is 34.9 Å². The number of carbonyl (C=O) groups excluding carboxylic acids is 1. The number of nitrogens with zero attached hydrogens (tertiary/aromatic N) is 1. The number of likely N-dealkylation sites (tertiary alicyclic amines) is 1. The highest BCUT2D eigenvalue weighted by Gasteiger charge is 2.40. The molecule has 6 heteroatoms. The number of benzene rings is 1. The molecule has 1 N–H and O–H groups in total. The van der Waals surface area contributed by atoms with Crippen molar-refractivity contribution in [1.82, 2.24) is 4.90 Å². The number of amides is 1. The summed E-state index contributed by atoms with van der Waals surface area (Å²) in [4.78, 5) is 25.7. The monoisotopic (exact) mass is 339 g/mol. The van der Waals surface area contributed by atoms with Crippen molar-refractivity contribution < 1.29 is 19.4 Å². The highest BCUT2D eigenvalue weighted by molar-refractivity contribution is 6.30. The van der Waals surface area contributed by atoms with Crippen molar-refractivity contribution in [3.63, 3.8) is 0 Å². The van der Waals surface area contributed by atoms with E-state index < -0.39 is 29.6 Å². The zero-order valence-corrected chi connectivity index (χ0v) is 14.3. The SMILES string of the molecule is CC(C)(C)OC(=O)N1CCCC1[C@@H](C(=O)O)c1ccc(Cl)cc1. The average molecular weight is 340 g/mol. The fourth-order valence-electron chi connectivity index (χ4n) is 2.89. The van der Waals surface area contributed by atoms with Crippen LogP contribution in [-0.2, 0) is 9.53 Å². The number of halogens is 1. The van der Waals surface area contributed by atoms with Gasteiger partial charge in [0.2, 0.25) is 0 Å². The summed E-state index contributed by atoms with van der Waals surface area (Å²) in [5.74, 6) is -1.74. The van der Waals surface area contributed by atoms with Gasteiger partial charge in [-0.05, 0) is 51.3 Å². The first kappa shape index (κ1) is 17.6. The number of hydrogen-bond acceptors (Lipinski definition) is 3. The van der Waals surface area contributed by atoms with Gasteiger partial charge in [0.05, 0.1) is 6.04 Å². The molecule has 1 saturated heterocycles. The van der Waals surface area contributed by atoms with Crippen LogP contribution in [0, 0.1) is 0 Å². The molecule has 0 bridgehead atoms. The van der Waals surface area contributed by atoms with E-state index >= 15 is 0 Å². The molecule has 1 aromatic carbocycles. The van der Waals surface area contributed by atoms with E-state index in [-0.39, 0.29) is 0 Å². The third kappa shape index (κ3) is 4.38. The van der Waals surface area contributed by atoms with E-state index in [0.29, 0.717) is 23.6 Å². The molecule has 1 unspecified atom stereocenters. The van der Waals surface area contributed by atoms with Crippen molar-refractivity contribution in [3.8, 4) is 0 Å². The van der Waals surface area contributed by atoms with Gasteiger partial charge in [-0.2, -0.15) is 0 Å². The average Bonchev–Trinajstić information content (AvgIpc) is 2.88. The second-order valence-corrected chi connectivity index (χ2v) is 7.19. The number of carbonyl (C=O) groups is 2. The minimum atomic E-state index is -0.951. The van der Waals surface area contributed by atoms with Crippen LogP contribution in [0.5, 0.6) is 0 Å². The normalized spacial score (nSPS) is 19.5. The molecule has 0 aromatic heterocycles. The number of rotatable bonds is 3. The molecule has 1 aromatic rings. The van der Waals surface area contributed by atoms with Gasteiger partial charge in [0.1, 0.15) is 11.5 Å². The summed E-state index contributed by atoms with van der Waals surface area (Å²) < 4.78 is 5.41. The number of hydrogen-bond donors (Lipinski definition) is 1. The molecule has 0 aliphatic carbocycles. The van der Waals surface area contributed by atoms with Gasteiger partial charge < -0.3 is 14.7 Å². The van der Waals surface area contributed by atoms with Crippen LogP contribution in [-0.4, -0.2) is 40.3 Å². The first-order valence-corrected chi connectivity index (χ1v) is 8.05. The van der Waals surface area contributed by atoms with Gasteiger partial charge in [0.15, 0.2) is 0 Å². The maximum absolute atomic E-state index is 12.4. The summed E-state index contributed by atoms with van der Waals surface area (Å²) in [6.07, 6.45) is 0.945.